The second kappa shape index (κ2) is 9.35. The van der Waals surface area contributed by atoms with Crippen LogP contribution in [0.15, 0.2) is 35.3 Å². The van der Waals surface area contributed by atoms with Gasteiger partial charge in [0.2, 0.25) is 5.43 Å². The highest BCUT2D eigenvalue weighted by Gasteiger charge is 2.29. The average Bonchev–Trinajstić information content (AvgIpc) is 2.79. The van der Waals surface area contributed by atoms with Gasteiger partial charge in [-0.3, -0.25) is 4.79 Å². The van der Waals surface area contributed by atoms with Crippen LogP contribution < -0.4 is 20.4 Å². The number of ether oxygens (including phenoxy) is 2. The molecule has 1 aliphatic heterocycles. The number of carboxylic acids is 1. The number of carbonyl (C=O) groups is 1. The highest BCUT2D eigenvalue weighted by molar-refractivity contribution is 5.97. The van der Waals surface area contributed by atoms with Crippen LogP contribution in [0, 0.1) is 17.5 Å². The lowest BCUT2D eigenvalue weighted by Crippen LogP contribution is -2.46. The van der Waals surface area contributed by atoms with Crippen molar-refractivity contribution < 1.29 is 32.5 Å². The fraction of sp³-hybridized carbons (Fsp3) is 0.304. The topological polar surface area (TPSA) is 93.0 Å². The van der Waals surface area contributed by atoms with E-state index in [1.807, 2.05) is 0 Å². The molecular formula is C23H22F3N3O5. The smallest absolute Gasteiger partial charge is 0.341 e. The van der Waals surface area contributed by atoms with Crippen molar-refractivity contribution in [1.82, 2.24) is 9.88 Å². The minimum absolute atomic E-state index is 0.0261. The van der Waals surface area contributed by atoms with Crippen LogP contribution in [0.5, 0.6) is 5.75 Å². The number of nitrogens with zero attached hydrogens (tertiary/aromatic N) is 2. The minimum atomic E-state index is -1.57. The van der Waals surface area contributed by atoms with Gasteiger partial charge in [0.1, 0.15) is 28.4 Å². The number of aromatic nitrogens is 1. The summed E-state index contributed by atoms with van der Waals surface area (Å²) in [5.74, 6) is -4.31. The summed E-state index contributed by atoms with van der Waals surface area (Å²) in [4.78, 5) is 26.3. The first-order valence-corrected chi connectivity index (χ1v) is 10.4. The van der Waals surface area contributed by atoms with E-state index >= 15 is 4.39 Å². The molecule has 34 heavy (non-hydrogen) atoms. The standard InChI is InChI=1S/C23H22F3N3O5/c1-27-9-13-10-28(5-6-34-13)20-17(26)8-14-19(22(20)33-2)29(11-15(21(14)30)23(31)32)18-4-3-12(24)7-16(18)25/h3-4,7-8,11,13,27H,5-6,9-10H2,1-2H3,(H,31,32)/t13-/m1/s1. The van der Waals surface area contributed by atoms with Gasteiger partial charge in [-0.25, -0.2) is 18.0 Å². The molecule has 1 atom stereocenters. The lowest BCUT2D eigenvalue weighted by molar-refractivity contribution is 0.0418. The van der Waals surface area contributed by atoms with E-state index in [2.05, 4.69) is 5.32 Å². The van der Waals surface area contributed by atoms with E-state index in [-0.39, 0.29) is 34.1 Å². The zero-order valence-electron chi connectivity index (χ0n) is 18.4. The van der Waals surface area contributed by atoms with E-state index in [1.165, 1.54) is 7.11 Å². The Balaban J connectivity index is 2.06. The van der Waals surface area contributed by atoms with Gasteiger partial charge in [0.25, 0.3) is 0 Å². The molecule has 3 aromatic rings. The summed E-state index contributed by atoms with van der Waals surface area (Å²) in [5.41, 5.74) is -1.92. The minimum Gasteiger partial charge on any atom is -0.492 e. The summed E-state index contributed by atoms with van der Waals surface area (Å²) in [5, 5.41) is 12.2. The Morgan fingerprint density at radius 3 is 2.68 bits per heavy atom. The third kappa shape index (κ3) is 4.08. The van der Waals surface area contributed by atoms with Gasteiger partial charge in [-0.05, 0) is 25.2 Å². The molecule has 0 radical (unpaired) electrons. The molecule has 1 fully saturated rings. The molecular weight excluding hydrogens is 455 g/mol. The number of fused-ring (bicyclic) bond motifs is 1. The number of halogens is 3. The summed E-state index contributed by atoms with van der Waals surface area (Å²) in [6.07, 6.45) is 0.682. The fourth-order valence-corrected chi connectivity index (χ4v) is 4.20. The van der Waals surface area contributed by atoms with Gasteiger partial charge in [-0.15, -0.1) is 0 Å². The van der Waals surface area contributed by atoms with Gasteiger partial charge in [0.15, 0.2) is 11.6 Å². The summed E-state index contributed by atoms with van der Waals surface area (Å²) < 4.78 is 56.1. The van der Waals surface area contributed by atoms with Gasteiger partial charge in [0.05, 0.1) is 30.9 Å². The molecule has 0 saturated carbocycles. The van der Waals surface area contributed by atoms with E-state index in [1.54, 1.807) is 11.9 Å². The quantitative estimate of drug-likeness (QED) is 0.564. The van der Waals surface area contributed by atoms with Crippen molar-refractivity contribution >= 4 is 22.6 Å². The summed E-state index contributed by atoms with van der Waals surface area (Å²) in [6.45, 7) is 1.45. The SMILES string of the molecule is CNC[C@@H]1CN(c2c(F)cc3c(=O)c(C(=O)O)cn(-c4ccc(F)cc4F)c3c2OC)CCO1. The molecule has 0 amide bonds. The number of rotatable bonds is 6. The molecule has 1 saturated heterocycles. The number of carboxylic acid groups (broad SMARTS) is 1. The van der Waals surface area contributed by atoms with Crippen LogP contribution in [0.4, 0.5) is 18.9 Å². The Morgan fingerprint density at radius 2 is 2.03 bits per heavy atom. The van der Waals surface area contributed by atoms with E-state index in [0.29, 0.717) is 32.3 Å². The largest absolute Gasteiger partial charge is 0.492 e. The van der Waals surface area contributed by atoms with E-state index in [9.17, 15) is 23.5 Å². The third-order valence-electron chi connectivity index (χ3n) is 5.66. The van der Waals surface area contributed by atoms with Crippen LogP contribution in [-0.2, 0) is 4.74 Å². The zero-order valence-corrected chi connectivity index (χ0v) is 18.4. The van der Waals surface area contributed by atoms with Crippen molar-refractivity contribution in [2.75, 3.05) is 45.3 Å². The van der Waals surface area contributed by atoms with Crippen molar-refractivity contribution in [3.63, 3.8) is 0 Å². The Kier molecular flexibility index (Phi) is 6.49. The molecule has 2 heterocycles. The fourth-order valence-electron chi connectivity index (χ4n) is 4.20. The Bertz CT molecular complexity index is 1330. The van der Waals surface area contributed by atoms with Crippen molar-refractivity contribution in [3.8, 4) is 11.4 Å². The molecule has 0 aliphatic carbocycles. The monoisotopic (exact) mass is 477 g/mol. The molecule has 2 aromatic carbocycles. The number of likely N-dealkylation sites (N-methyl/N-ethyl adjacent to an activating group) is 1. The van der Waals surface area contributed by atoms with Crippen molar-refractivity contribution in [1.29, 1.82) is 0 Å². The lowest BCUT2D eigenvalue weighted by atomic mass is 10.1. The number of morpholine rings is 1. The summed E-state index contributed by atoms with van der Waals surface area (Å²) >= 11 is 0. The van der Waals surface area contributed by atoms with Crippen LogP contribution >= 0.6 is 0 Å². The highest BCUT2D eigenvalue weighted by Crippen LogP contribution is 2.40. The van der Waals surface area contributed by atoms with Crippen LogP contribution in [0.1, 0.15) is 10.4 Å². The molecule has 8 nitrogen and oxygen atoms in total. The molecule has 2 N–H and O–H groups in total. The number of aromatic carboxylic acids is 1. The molecule has 1 aromatic heterocycles. The molecule has 1 aliphatic rings. The maximum absolute atomic E-state index is 15.4. The predicted octanol–water partition coefficient (Wildman–Crippen LogP) is 2.54. The van der Waals surface area contributed by atoms with Gasteiger partial charge in [-0.2, -0.15) is 0 Å². The van der Waals surface area contributed by atoms with Crippen LogP contribution in [0.25, 0.3) is 16.6 Å². The third-order valence-corrected chi connectivity index (χ3v) is 5.66. The van der Waals surface area contributed by atoms with Gasteiger partial charge < -0.3 is 29.4 Å². The van der Waals surface area contributed by atoms with Gasteiger partial charge in [-0.1, -0.05) is 0 Å². The van der Waals surface area contributed by atoms with E-state index in [0.717, 1.165) is 29.0 Å². The zero-order chi connectivity index (χ0) is 24.6. The summed E-state index contributed by atoms with van der Waals surface area (Å²) in [6, 6.07) is 3.63. The maximum Gasteiger partial charge on any atom is 0.341 e. The van der Waals surface area contributed by atoms with Crippen molar-refractivity contribution in [3.05, 3.63) is 63.7 Å². The van der Waals surface area contributed by atoms with E-state index < -0.39 is 34.4 Å². The average molecular weight is 477 g/mol. The van der Waals surface area contributed by atoms with E-state index in [4.69, 9.17) is 9.47 Å². The first kappa shape index (κ1) is 23.6. The normalized spacial score (nSPS) is 16.1. The van der Waals surface area contributed by atoms with Crippen LogP contribution in [0.3, 0.4) is 0 Å². The van der Waals surface area contributed by atoms with Crippen LogP contribution in [0.2, 0.25) is 0 Å². The van der Waals surface area contributed by atoms with Crippen molar-refractivity contribution in [2.45, 2.75) is 6.10 Å². The number of pyridine rings is 1. The van der Waals surface area contributed by atoms with Crippen LogP contribution in [-0.4, -0.2) is 62.1 Å². The number of anilines is 1. The Morgan fingerprint density at radius 1 is 1.26 bits per heavy atom. The number of benzene rings is 2. The lowest BCUT2D eigenvalue weighted by Gasteiger charge is -2.35. The molecule has 0 spiro atoms. The maximum atomic E-state index is 15.4. The first-order valence-electron chi connectivity index (χ1n) is 10.4. The van der Waals surface area contributed by atoms with Gasteiger partial charge in [0, 0.05) is 31.9 Å². The Hall–Kier alpha value is -3.57. The second-order valence-corrected chi connectivity index (χ2v) is 7.78. The number of hydrogen-bond acceptors (Lipinski definition) is 6. The molecule has 11 heteroatoms. The van der Waals surface area contributed by atoms with Crippen molar-refractivity contribution in [2.24, 2.45) is 0 Å². The summed E-state index contributed by atoms with van der Waals surface area (Å²) in [7, 11) is 3.03. The molecule has 4 rings (SSSR count). The highest BCUT2D eigenvalue weighted by atomic mass is 19.1. The number of nitrogens with one attached hydrogen (secondary N) is 1. The molecule has 0 unspecified atom stereocenters. The number of methoxy groups -OCH3 is 1. The molecule has 180 valence electrons. The predicted molar refractivity (Wildman–Crippen MR) is 119 cm³/mol. The second-order valence-electron chi connectivity index (χ2n) is 7.78. The van der Waals surface area contributed by atoms with Gasteiger partial charge >= 0.3 is 5.97 Å². The first-order chi connectivity index (χ1) is 16.3. The molecule has 0 bridgehead atoms. The Labute approximate surface area is 192 Å². The number of hydrogen-bond donors (Lipinski definition) is 2.